The Morgan fingerprint density at radius 2 is 2.06 bits per heavy atom. The molecule has 0 atom stereocenters. The quantitative estimate of drug-likeness (QED) is 0.849. The maximum Gasteiger partial charge on any atom is 0.236 e. The number of nitrogens with one attached hydrogen (secondary N) is 1. The summed E-state index contributed by atoms with van der Waals surface area (Å²) in [5.74, 6) is -1.84. The number of nitrogens with zero attached hydrogens (tertiary/aromatic N) is 1. The van der Waals surface area contributed by atoms with Crippen molar-refractivity contribution in [2.45, 2.75) is 13.5 Å². The summed E-state index contributed by atoms with van der Waals surface area (Å²) in [4.78, 5) is 13.2. The van der Waals surface area contributed by atoms with Gasteiger partial charge in [-0.25, -0.2) is 8.78 Å². The van der Waals surface area contributed by atoms with Crippen molar-refractivity contribution in [2.24, 2.45) is 0 Å². The van der Waals surface area contributed by atoms with Crippen LogP contribution in [0.5, 0.6) is 0 Å². The van der Waals surface area contributed by atoms with Crippen molar-refractivity contribution in [1.82, 2.24) is 10.2 Å². The molecule has 0 unspecified atom stereocenters. The summed E-state index contributed by atoms with van der Waals surface area (Å²) in [6.45, 7) is 2.89. The van der Waals surface area contributed by atoms with E-state index < -0.39 is 11.6 Å². The molecule has 1 rings (SSSR count). The first-order valence-corrected chi connectivity index (χ1v) is 5.44. The van der Waals surface area contributed by atoms with Gasteiger partial charge in [0.1, 0.15) is 0 Å². The van der Waals surface area contributed by atoms with E-state index in [1.165, 1.54) is 6.07 Å². The Labute approximate surface area is 99.4 Å². The number of likely N-dealkylation sites (N-methyl/N-ethyl adjacent to an activating group) is 2. The van der Waals surface area contributed by atoms with Crippen LogP contribution in [0.15, 0.2) is 18.2 Å². The molecule has 0 saturated carbocycles. The molecule has 94 valence electrons. The van der Waals surface area contributed by atoms with Gasteiger partial charge in [-0.15, -0.1) is 0 Å². The molecule has 0 bridgehead atoms. The molecule has 0 fully saturated rings. The maximum atomic E-state index is 13.0. The first kappa shape index (κ1) is 13.6. The lowest BCUT2D eigenvalue weighted by molar-refractivity contribution is -0.130. The Bertz CT molecular complexity index is 396. The van der Waals surface area contributed by atoms with Crippen molar-refractivity contribution in [3.8, 4) is 0 Å². The van der Waals surface area contributed by atoms with E-state index in [1.807, 2.05) is 6.92 Å². The Hall–Kier alpha value is -1.49. The summed E-state index contributed by atoms with van der Waals surface area (Å²) in [5.41, 5.74) is 0.579. The molecule has 1 aromatic carbocycles. The van der Waals surface area contributed by atoms with Crippen LogP contribution in [0.1, 0.15) is 12.5 Å². The zero-order chi connectivity index (χ0) is 12.8. The van der Waals surface area contributed by atoms with E-state index in [0.29, 0.717) is 12.1 Å². The van der Waals surface area contributed by atoms with Crippen molar-refractivity contribution >= 4 is 5.91 Å². The lowest BCUT2D eigenvalue weighted by atomic mass is 10.2. The molecule has 0 aliphatic carbocycles. The number of rotatable bonds is 5. The lowest BCUT2D eigenvalue weighted by Gasteiger charge is -2.20. The lowest BCUT2D eigenvalue weighted by Crippen LogP contribution is -2.36. The molecule has 0 radical (unpaired) electrons. The summed E-state index contributed by atoms with van der Waals surface area (Å²) in [6.07, 6.45) is 0. The Balaban J connectivity index is 2.73. The van der Waals surface area contributed by atoms with E-state index in [4.69, 9.17) is 0 Å². The molecule has 1 aromatic rings. The number of hydrogen-bond acceptors (Lipinski definition) is 2. The Kier molecular flexibility index (Phi) is 5.03. The average molecular weight is 242 g/mol. The van der Waals surface area contributed by atoms with Gasteiger partial charge in [0.05, 0.1) is 6.54 Å². The standard InChI is InChI=1S/C12H16F2N2O/c1-3-16(12(17)7-15-2)8-9-4-5-10(13)11(14)6-9/h4-6,15H,3,7-8H2,1-2H3. The molecule has 0 spiro atoms. The number of halogens is 2. The SMILES string of the molecule is CCN(Cc1ccc(F)c(F)c1)C(=O)CNC. The number of benzene rings is 1. The molecule has 0 saturated heterocycles. The molecule has 3 nitrogen and oxygen atoms in total. The monoisotopic (exact) mass is 242 g/mol. The van der Waals surface area contributed by atoms with E-state index in [-0.39, 0.29) is 19.0 Å². The van der Waals surface area contributed by atoms with Crippen LogP contribution in [-0.4, -0.2) is 30.9 Å². The predicted octanol–water partition coefficient (Wildman–Crippen LogP) is 1.53. The smallest absolute Gasteiger partial charge is 0.236 e. The van der Waals surface area contributed by atoms with Crippen LogP contribution in [0, 0.1) is 11.6 Å². The molecule has 1 N–H and O–H groups in total. The van der Waals surface area contributed by atoms with Gasteiger partial charge in [-0.05, 0) is 31.7 Å². The minimum Gasteiger partial charge on any atom is -0.338 e. The number of carbonyl (C=O) groups is 1. The van der Waals surface area contributed by atoms with Crippen LogP contribution in [0.25, 0.3) is 0 Å². The second kappa shape index (κ2) is 6.30. The van der Waals surface area contributed by atoms with Crippen molar-refractivity contribution in [2.75, 3.05) is 20.1 Å². The van der Waals surface area contributed by atoms with Crippen LogP contribution >= 0.6 is 0 Å². The summed E-state index contributed by atoms with van der Waals surface area (Å²) in [6, 6.07) is 3.67. The van der Waals surface area contributed by atoms with E-state index >= 15 is 0 Å². The van der Waals surface area contributed by atoms with Gasteiger partial charge in [0.15, 0.2) is 11.6 Å². The summed E-state index contributed by atoms with van der Waals surface area (Å²) < 4.78 is 25.7. The van der Waals surface area contributed by atoms with Gasteiger partial charge < -0.3 is 10.2 Å². The van der Waals surface area contributed by atoms with E-state index in [2.05, 4.69) is 5.32 Å². The minimum atomic E-state index is -0.889. The fourth-order valence-electron chi connectivity index (χ4n) is 1.50. The van der Waals surface area contributed by atoms with Gasteiger partial charge in [0.25, 0.3) is 0 Å². The van der Waals surface area contributed by atoms with E-state index in [0.717, 1.165) is 12.1 Å². The third kappa shape index (κ3) is 3.78. The van der Waals surface area contributed by atoms with Gasteiger partial charge in [-0.3, -0.25) is 4.79 Å². The fourth-order valence-corrected chi connectivity index (χ4v) is 1.50. The van der Waals surface area contributed by atoms with Crippen LogP contribution < -0.4 is 5.32 Å². The normalized spacial score (nSPS) is 10.4. The highest BCUT2D eigenvalue weighted by atomic mass is 19.2. The fraction of sp³-hybridized carbons (Fsp3) is 0.417. The van der Waals surface area contributed by atoms with Gasteiger partial charge in [-0.1, -0.05) is 6.07 Å². The second-order valence-electron chi connectivity index (χ2n) is 3.69. The third-order valence-corrected chi connectivity index (χ3v) is 2.42. The van der Waals surface area contributed by atoms with Gasteiger partial charge in [0, 0.05) is 13.1 Å². The molecule has 17 heavy (non-hydrogen) atoms. The molecule has 0 aromatic heterocycles. The summed E-state index contributed by atoms with van der Waals surface area (Å²) >= 11 is 0. The molecule has 0 aliphatic heterocycles. The number of carbonyl (C=O) groups excluding carboxylic acids is 1. The Morgan fingerprint density at radius 1 is 1.35 bits per heavy atom. The van der Waals surface area contributed by atoms with Gasteiger partial charge in [0.2, 0.25) is 5.91 Å². The highest BCUT2D eigenvalue weighted by molar-refractivity contribution is 5.78. The van der Waals surface area contributed by atoms with E-state index in [1.54, 1.807) is 11.9 Å². The Morgan fingerprint density at radius 3 is 2.59 bits per heavy atom. The second-order valence-corrected chi connectivity index (χ2v) is 3.69. The van der Waals surface area contributed by atoms with Crippen LogP contribution in [0.4, 0.5) is 8.78 Å². The van der Waals surface area contributed by atoms with Crippen LogP contribution in [0.3, 0.4) is 0 Å². The van der Waals surface area contributed by atoms with Crippen LogP contribution in [0.2, 0.25) is 0 Å². The molecule has 1 amide bonds. The third-order valence-electron chi connectivity index (χ3n) is 2.42. The highest BCUT2D eigenvalue weighted by Gasteiger charge is 2.12. The zero-order valence-electron chi connectivity index (χ0n) is 9.96. The van der Waals surface area contributed by atoms with Gasteiger partial charge >= 0.3 is 0 Å². The van der Waals surface area contributed by atoms with Crippen molar-refractivity contribution < 1.29 is 13.6 Å². The topological polar surface area (TPSA) is 32.3 Å². The molecule has 5 heteroatoms. The molecular formula is C12H16F2N2O. The highest BCUT2D eigenvalue weighted by Crippen LogP contribution is 2.11. The number of hydrogen-bond donors (Lipinski definition) is 1. The molecular weight excluding hydrogens is 226 g/mol. The van der Waals surface area contributed by atoms with Crippen LogP contribution in [-0.2, 0) is 11.3 Å². The van der Waals surface area contributed by atoms with E-state index in [9.17, 15) is 13.6 Å². The average Bonchev–Trinajstić information content (AvgIpc) is 2.30. The van der Waals surface area contributed by atoms with Crippen molar-refractivity contribution in [1.29, 1.82) is 0 Å². The first-order valence-electron chi connectivity index (χ1n) is 5.44. The zero-order valence-corrected chi connectivity index (χ0v) is 9.96. The molecule has 0 heterocycles. The van der Waals surface area contributed by atoms with Crippen molar-refractivity contribution in [3.63, 3.8) is 0 Å². The number of amides is 1. The molecule has 0 aliphatic rings. The van der Waals surface area contributed by atoms with Gasteiger partial charge in [-0.2, -0.15) is 0 Å². The maximum absolute atomic E-state index is 13.0. The predicted molar refractivity (Wildman–Crippen MR) is 61.4 cm³/mol. The summed E-state index contributed by atoms with van der Waals surface area (Å²) in [7, 11) is 1.68. The summed E-state index contributed by atoms with van der Waals surface area (Å²) in [5, 5.41) is 2.76. The van der Waals surface area contributed by atoms with Crippen molar-refractivity contribution in [3.05, 3.63) is 35.4 Å². The minimum absolute atomic E-state index is 0.0697. The first-order chi connectivity index (χ1) is 8.08. The largest absolute Gasteiger partial charge is 0.338 e.